The van der Waals surface area contributed by atoms with Gasteiger partial charge in [-0.05, 0) is 25.1 Å². The van der Waals surface area contributed by atoms with Crippen molar-refractivity contribution in [1.82, 2.24) is 4.90 Å². The van der Waals surface area contributed by atoms with E-state index >= 15 is 0 Å². The minimum atomic E-state index is -0.963. The molecule has 4 heteroatoms. The zero-order chi connectivity index (χ0) is 12.4. The van der Waals surface area contributed by atoms with Crippen molar-refractivity contribution in [3.8, 4) is 0 Å². The number of likely N-dealkylation sites (N-methyl/N-ethyl adjacent to an activating group) is 1. The molecule has 0 radical (unpaired) electrons. The Balaban J connectivity index is 2.51. The Morgan fingerprint density at radius 3 is 2.76 bits per heavy atom. The number of nitrogens with zero attached hydrogens (tertiary/aromatic N) is 1. The number of hydrogen-bond donors (Lipinski definition) is 1. The summed E-state index contributed by atoms with van der Waals surface area (Å²) in [7, 11) is 1.86. The molecule has 1 aromatic carbocycles. The molecule has 1 aliphatic rings. The van der Waals surface area contributed by atoms with Gasteiger partial charge < -0.3 is 10.0 Å². The Kier molecular flexibility index (Phi) is 3.24. The van der Waals surface area contributed by atoms with Crippen LogP contribution in [0.25, 0.3) is 5.57 Å². The molecule has 1 aromatic rings. The SMILES string of the molecule is CN1CCC(c2ccccc2F)=C(C(=O)O)C1. The summed E-state index contributed by atoms with van der Waals surface area (Å²) in [6.07, 6.45) is 0.569. The van der Waals surface area contributed by atoms with Gasteiger partial charge in [0.05, 0.1) is 5.57 Å². The van der Waals surface area contributed by atoms with Crippen molar-refractivity contribution in [3.63, 3.8) is 0 Å². The highest BCUT2D eigenvalue weighted by molar-refractivity contribution is 5.97. The molecule has 1 heterocycles. The third-order valence-electron chi connectivity index (χ3n) is 2.99. The van der Waals surface area contributed by atoms with E-state index in [1.54, 1.807) is 18.2 Å². The third-order valence-corrected chi connectivity index (χ3v) is 2.99. The largest absolute Gasteiger partial charge is 0.478 e. The van der Waals surface area contributed by atoms with Crippen LogP contribution in [0.3, 0.4) is 0 Å². The minimum Gasteiger partial charge on any atom is -0.478 e. The maximum Gasteiger partial charge on any atom is 0.333 e. The topological polar surface area (TPSA) is 40.5 Å². The van der Waals surface area contributed by atoms with Crippen LogP contribution in [-0.4, -0.2) is 36.1 Å². The molecule has 0 unspecified atom stereocenters. The molecule has 0 spiro atoms. The van der Waals surface area contributed by atoms with E-state index in [0.29, 0.717) is 29.7 Å². The number of carboxylic acid groups (broad SMARTS) is 1. The smallest absolute Gasteiger partial charge is 0.333 e. The highest BCUT2D eigenvalue weighted by Crippen LogP contribution is 2.28. The Hall–Kier alpha value is -1.68. The summed E-state index contributed by atoms with van der Waals surface area (Å²) in [4.78, 5) is 13.1. The standard InChI is InChI=1S/C13H14FNO2/c1-15-7-6-9(11(8-15)13(16)17)10-4-2-3-5-12(10)14/h2-5H,6-8H2,1H3,(H,16,17). The van der Waals surface area contributed by atoms with Crippen molar-refractivity contribution in [2.75, 3.05) is 20.1 Å². The lowest BCUT2D eigenvalue weighted by molar-refractivity contribution is -0.132. The van der Waals surface area contributed by atoms with Crippen LogP contribution in [0.15, 0.2) is 29.8 Å². The monoisotopic (exact) mass is 235 g/mol. The third kappa shape index (κ3) is 2.36. The fraction of sp³-hybridized carbons (Fsp3) is 0.308. The number of rotatable bonds is 2. The molecule has 1 aliphatic heterocycles. The van der Waals surface area contributed by atoms with Crippen LogP contribution in [0.2, 0.25) is 0 Å². The summed E-state index contributed by atoms with van der Waals surface area (Å²) in [5.74, 6) is -1.32. The van der Waals surface area contributed by atoms with Crippen LogP contribution in [0, 0.1) is 5.82 Å². The number of hydrogen-bond acceptors (Lipinski definition) is 2. The average molecular weight is 235 g/mol. The van der Waals surface area contributed by atoms with Gasteiger partial charge in [0, 0.05) is 18.7 Å². The summed E-state index contributed by atoms with van der Waals surface area (Å²) < 4.78 is 13.7. The summed E-state index contributed by atoms with van der Waals surface area (Å²) in [6.45, 7) is 1.11. The molecule has 0 amide bonds. The predicted octanol–water partition coefficient (Wildman–Crippen LogP) is 2.00. The number of halogens is 1. The predicted molar refractivity (Wildman–Crippen MR) is 63.1 cm³/mol. The summed E-state index contributed by atoms with van der Waals surface area (Å²) >= 11 is 0. The normalized spacial score (nSPS) is 17.3. The lowest BCUT2D eigenvalue weighted by atomic mass is 9.93. The van der Waals surface area contributed by atoms with Gasteiger partial charge in [0.15, 0.2) is 0 Å². The number of carboxylic acids is 1. The molecule has 0 atom stereocenters. The summed E-state index contributed by atoms with van der Waals surface area (Å²) in [5.41, 5.74) is 1.33. The van der Waals surface area contributed by atoms with E-state index in [2.05, 4.69) is 0 Å². The quantitative estimate of drug-likeness (QED) is 0.852. The van der Waals surface area contributed by atoms with Gasteiger partial charge in [0.2, 0.25) is 0 Å². The van der Waals surface area contributed by atoms with Gasteiger partial charge in [-0.2, -0.15) is 0 Å². The zero-order valence-electron chi connectivity index (χ0n) is 9.61. The van der Waals surface area contributed by atoms with Crippen LogP contribution in [-0.2, 0) is 4.79 Å². The van der Waals surface area contributed by atoms with E-state index in [1.165, 1.54) is 6.07 Å². The van der Waals surface area contributed by atoms with E-state index in [4.69, 9.17) is 0 Å². The molecule has 0 aromatic heterocycles. The molecule has 0 aliphatic carbocycles. The molecule has 17 heavy (non-hydrogen) atoms. The van der Waals surface area contributed by atoms with E-state index < -0.39 is 5.97 Å². The second-order valence-electron chi connectivity index (χ2n) is 4.23. The van der Waals surface area contributed by atoms with Gasteiger partial charge in [0.25, 0.3) is 0 Å². The average Bonchev–Trinajstić information content (AvgIpc) is 2.30. The maximum atomic E-state index is 13.7. The van der Waals surface area contributed by atoms with Crippen molar-refractivity contribution < 1.29 is 14.3 Å². The Morgan fingerprint density at radius 2 is 2.12 bits per heavy atom. The van der Waals surface area contributed by atoms with E-state index in [9.17, 15) is 14.3 Å². The highest BCUT2D eigenvalue weighted by Gasteiger charge is 2.23. The fourth-order valence-electron chi connectivity index (χ4n) is 2.10. The summed E-state index contributed by atoms with van der Waals surface area (Å²) in [5, 5.41) is 9.17. The van der Waals surface area contributed by atoms with Crippen LogP contribution >= 0.6 is 0 Å². The summed E-state index contributed by atoms with van der Waals surface area (Å²) in [6, 6.07) is 6.33. The number of carbonyl (C=O) groups is 1. The van der Waals surface area contributed by atoms with Crippen LogP contribution in [0.5, 0.6) is 0 Å². The van der Waals surface area contributed by atoms with Gasteiger partial charge in [-0.3, -0.25) is 0 Å². The molecule has 0 fully saturated rings. The highest BCUT2D eigenvalue weighted by atomic mass is 19.1. The second kappa shape index (κ2) is 4.67. The second-order valence-corrected chi connectivity index (χ2v) is 4.23. The van der Waals surface area contributed by atoms with E-state index in [1.807, 2.05) is 11.9 Å². The Morgan fingerprint density at radius 1 is 1.41 bits per heavy atom. The molecule has 0 bridgehead atoms. The fourth-order valence-corrected chi connectivity index (χ4v) is 2.10. The van der Waals surface area contributed by atoms with Gasteiger partial charge in [-0.15, -0.1) is 0 Å². The van der Waals surface area contributed by atoms with Gasteiger partial charge in [0.1, 0.15) is 5.82 Å². The molecule has 2 rings (SSSR count). The first-order valence-corrected chi connectivity index (χ1v) is 5.48. The first-order valence-electron chi connectivity index (χ1n) is 5.48. The Bertz CT molecular complexity index is 482. The van der Waals surface area contributed by atoms with Crippen LogP contribution in [0.4, 0.5) is 4.39 Å². The lowest BCUT2D eigenvalue weighted by Gasteiger charge is -2.26. The van der Waals surface area contributed by atoms with E-state index in [0.717, 1.165) is 6.54 Å². The number of aliphatic carboxylic acids is 1. The molecule has 3 nitrogen and oxygen atoms in total. The first-order chi connectivity index (χ1) is 8.09. The van der Waals surface area contributed by atoms with Gasteiger partial charge in [-0.25, -0.2) is 9.18 Å². The van der Waals surface area contributed by atoms with Crippen molar-refractivity contribution in [1.29, 1.82) is 0 Å². The lowest BCUT2D eigenvalue weighted by Crippen LogP contribution is -2.30. The maximum absolute atomic E-state index is 13.7. The number of benzene rings is 1. The molecule has 0 saturated heterocycles. The van der Waals surface area contributed by atoms with Crippen molar-refractivity contribution in [2.45, 2.75) is 6.42 Å². The zero-order valence-corrected chi connectivity index (χ0v) is 9.61. The van der Waals surface area contributed by atoms with Crippen molar-refractivity contribution in [3.05, 3.63) is 41.2 Å². The first kappa shape index (κ1) is 11.8. The van der Waals surface area contributed by atoms with Gasteiger partial charge >= 0.3 is 5.97 Å². The van der Waals surface area contributed by atoms with Crippen LogP contribution in [0.1, 0.15) is 12.0 Å². The minimum absolute atomic E-state index is 0.295. The molecular formula is C13H14FNO2. The molecule has 1 N–H and O–H groups in total. The van der Waals surface area contributed by atoms with E-state index in [-0.39, 0.29) is 5.82 Å². The molecule has 90 valence electrons. The van der Waals surface area contributed by atoms with Crippen LogP contribution < -0.4 is 0 Å². The van der Waals surface area contributed by atoms with Gasteiger partial charge in [-0.1, -0.05) is 18.2 Å². The molecular weight excluding hydrogens is 221 g/mol. The van der Waals surface area contributed by atoms with Crippen molar-refractivity contribution in [2.24, 2.45) is 0 Å². The van der Waals surface area contributed by atoms with Crippen molar-refractivity contribution >= 4 is 11.5 Å². The Labute approximate surface area is 99.2 Å². The molecule has 0 saturated carbocycles.